The Balaban J connectivity index is 2.43. The second-order valence-electron chi connectivity index (χ2n) is 5.38. The number of hydrogen-bond acceptors (Lipinski definition) is 2. The van der Waals surface area contributed by atoms with Crippen LogP contribution < -0.4 is 5.32 Å². The lowest BCUT2D eigenvalue weighted by Gasteiger charge is -2.19. The van der Waals surface area contributed by atoms with Gasteiger partial charge in [-0.2, -0.15) is 0 Å². The van der Waals surface area contributed by atoms with Crippen LogP contribution >= 0.6 is 27.3 Å². The fourth-order valence-corrected chi connectivity index (χ4v) is 4.51. The second kappa shape index (κ2) is 6.88. The number of halogens is 1. The Morgan fingerprint density at radius 2 is 1.75 bits per heavy atom. The first-order chi connectivity index (χ1) is 9.51. The summed E-state index contributed by atoms with van der Waals surface area (Å²) >= 11 is 5.58. The lowest BCUT2D eigenvalue weighted by molar-refractivity contribution is 0.604. The first-order valence-corrected chi connectivity index (χ1v) is 8.69. The predicted molar refractivity (Wildman–Crippen MR) is 92.8 cm³/mol. The standard InChI is InChI=1S/C17H22BrNS/c1-5-6-19-16(17-15(18)10-13(4)20-17)14-8-11(2)7-12(3)9-14/h7-10,16,19H,5-6H2,1-4H3. The molecule has 1 atom stereocenters. The van der Waals surface area contributed by atoms with Crippen LogP contribution in [0.5, 0.6) is 0 Å². The van der Waals surface area contributed by atoms with Crippen molar-refractivity contribution in [1.29, 1.82) is 0 Å². The molecule has 1 aromatic carbocycles. The minimum Gasteiger partial charge on any atom is -0.306 e. The van der Waals surface area contributed by atoms with Crippen molar-refractivity contribution in [2.45, 2.75) is 40.2 Å². The lowest BCUT2D eigenvalue weighted by atomic mass is 10.00. The van der Waals surface area contributed by atoms with Crippen molar-refractivity contribution in [2.24, 2.45) is 0 Å². The maximum absolute atomic E-state index is 3.71. The van der Waals surface area contributed by atoms with E-state index in [4.69, 9.17) is 0 Å². The van der Waals surface area contributed by atoms with Gasteiger partial charge in [0.1, 0.15) is 0 Å². The molecule has 0 saturated carbocycles. The molecule has 3 heteroatoms. The van der Waals surface area contributed by atoms with Crippen LogP contribution in [-0.4, -0.2) is 6.54 Å². The fraction of sp³-hybridized carbons (Fsp3) is 0.412. The first kappa shape index (κ1) is 15.7. The Bertz CT molecular complexity index is 568. The minimum absolute atomic E-state index is 0.279. The Kier molecular flexibility index (Phi) is 5.42. The van der Waals surface area contributed by atoms with Crippen molar-refractivity contribution >= 4 is 27.3 Å². The summed E-state index contributed by atoms with van der Waals surface area (Å²) in [5.74, 6) is 0. The van der Waals surface area contributed by atoms with E-state index < -0.39 is 0 Å². The van der Waals surface area contributed by atoms with E-state index in [-0.39, 0.29) is 6.04 Å². The fourth-order valence-electron chi connectivity index (χ4n) is 2.53. The monoisotopic (exact) mass is 351 g/mol. The molecular weight excluding hydrogens is 330 g/mol. The maximum atomic E-state index is 3.71. The molecular formula is C17H22BrNS. The molecule has 1 unspecified atom stereocenters. The van der Waals surface area contributed by atoms with Crippen molar-refractivity contribution in [3.05, 3.63) is 55.2 Å². The van der Waals surface area contributed by atoms with E-state index >= 15 is 0 Å². The van der Waals surface area contributed by atoms with Gasteiger partial charge in [-0.05, 0) is 61.3 Å². The molecule has 0 bridgehead atoms. The van der Waals surface area contributed by atoms with Crippen LogP contribution in [0.2, 0.25) is 0 Å². The SMILES string of the molecule is CCCNC(c1cc(C)cc(C)c1)c1sc(C)cc1Br. The van der Waals surface area contributed by atoms with Gasteiger partial charge in [-0.15, -0.1) is 11.3 Å². The number of hydrogen-bond donors (Lipinski definition) is 1. The van der Waals surface area contributed by atoms with E-state index in [0.29, 0.717) is 0 Å². The van der Waals surface area contributed by atoms with Gasteiger partial charge in [0.15, 0.2) is 0 Å². The molecule has 0 saturated heterocycles. The molecule has 108 valence electrons. The number of thiophene rings is 1. The highest BCUT2D eigenvalue weighted by atomic mass is 79.9. The molecule has 0 spiro atoms. The summed E-state index contributed by atoms with van der Waals surface area (Å²) < 4.78 is 1.22. The molecule has 2 rings (SSSR count). The summed E-state index contributed by atoms with van der Waals surface area (Å²) in [6.07, 6.45) is 1.14. The molecule has 2 aromatic rings. The van der Waals surface area contributed by atoms with Gasteiger partial charge < -0.3 is 5.32 Å². The van der Waals surface area contributed by atoms with Gasteiger partial charge in [0.25, 0.3) is 0 Å². The van der Waals surface area contributed by atoms with Crippen LogP contribution in [0.1, 0.15) is 45.8 Å². The van der Waals surface area contributed by atoms with E-state index in [1.54, 1.807) is 0 Å². The van der Waals surface area contributed by atoms with Crippen molar-refractivity contribution in [3.8, 4) is 0 Å². The zero-order valence-electron chi connectivity index (χ0n) is 12.6. The third-order valence-electron chi connectivity index (χ3n) is 3.27. The van der Waals surface area contributed by atoms with Gasteiger partial charge in [-0.1, -0.05) is 36.2 Å². The van der Waals surface area contributed by atoms with Crippen LogP contribution in [0.3, 0.4) is 0 Å². The highest BCUT2D eigenvalue weighted by molar-refractivity contribution is 9.10. The van der Waals surface area contributed by atoms with E-state index in [2.05, 4.69) is 73.2 Å². The number of aryl methyl sites for hydroxylation is 3. The first-order valence-electron chi connectivity index (χ1n) is 7.08. The van der Waals surface area contributed by atoms with E-state index in [9.17, 15) is 0 Å². The zero-order chi connectivity index (χ0) is 14.7. The molecule has 1 aromatic heterocycles. The lowest BCUT2D eigenvalue weighted by Crippen LogP contribution is -2.22. The topological polar surface area (TPSA) is 12.0 Å². The summed E-state index contributed by atoms with van der Waals surface area (Å²) in [6, 6.07) is 9.31. The normalized spacial score (nSPS) is 12.7. The quantitative estimate of drug-likeness (QED) is 0.747. The number of benzene rings is 1. The van der Waals surface area contributed by atoms with Crippen LogP contribution in [0.4, 0.5) is 0 Å². The molecule has 0 fully saturated rings. The molecule has 20 heavy (non-hydrogen) atoms. The van der Waals surface area contributed by atoms with Crippen molar-refractivity contribution in [3.63, 3.8) is 0 Å². The molecule has 0 aliphatic heterocycles. The molecule has 1 nitrogen and oxygen atoms in total. The third kappa shape index (κ3) is 3.72. The van der Waals surface area contributed by atoms with Gasteiger partial charge in [0.05, 0.1) is 6.04 Å². The molecule has 0 radical (unpaired) electrons. The van der Waals surface area contributed by atoms with E-state index in [1.807, 2.05) is 11.3 Å². The predicted octanol–water partition coefficient (Wildman–Crippen LogP) is 5.52. The summed E-state index contributed by atoms with van der Waals surface area (Å²) in [7, 11) is 0. The Morgan fingerprint density at radius 1 is 1.10 bits per heavy atom. The van der Waals surface area contributed by atoms with Gasteiger partial charge >= 0.3 is 0 Å². The van der Waals surface area contributed by atoms with Crippen molar-refractivity contribution < 1.29 is 0 Å². The Morgan fingerprint density at radius 3 is 2.25 bits per heavy atom. The van der Waals surface area contributed by atoms with E-state index in [1.165, 1.54) is 30.9 Å². The van der Waals surface area contributed by atoms with Crippen molar-refractivity contribution in [2.75, 3.05) is 6.54 Å². The summed E-state index contributed by atoms with van der Waals surface area (Å²) in [6.45, 7) is 9.74. The average Bonchev–Trinajstić information content (AvgIpc) is 2.68. The molecule has 1 heterocycles. The van der Waals surface area contributed by atoms with Gasteiger partial charge in [-0.25, -0.2) is 0 Å². The smallest absolute Gasteiger partial charge is 0.0682 e. The van der Waals surface area contributed by atoms with Gasteiger partial charge in [0.2, 0.25) is 0 Å². The summed E-state index contributed by atoms with van der Waals surface area (Å²) in [4.78, 5) is 2.72. The summed E-state index contributed by atoms with van der Waals surface area (Å²) in [5, 5.41) is 3.69. The van der Waals surface area contributed by atoms with Crippen LogP contribution in [0.15, 0.2) is 28.7 Å². The molecule has 0 aliphatic rings. The second-order valence-corrected chi connectivity index (χ2v) is 7.52. The highest BCUT2D eigenvalue weighted by Gasteiger charge is 2.19. The molecule has 1 N–H and O–H groups in total. The van der Waals surface area contributed by atoms with Crippen molar-refractivity contribution in [1.82, 2.24) is 5.32 Å². The molecule has 0 aliphatic carbocycles. The minimum atomic E-state index is 0.279. The Hall–Kier alpha value is -0.640. The summed E-state index contributed by atoms with van der Waals surface area (Å²) in [5.41, 5.74) is 4.01. The molecule has 0 amide bonds. The van der Waals surface area contributed by atoms with Crippen LogP contribution in [-0.2, 0) is 0 Å². The average molecular weight is 352 g/mol. The largest absolute Gasteiger partial charge is 0.306 e. The highest BCUT2D eigenvalue weighted by Crippen LogP contribution is 2.36. The third-order valence-corrected chi connectivity index (χ3v) is 5.31. The van der Waals surface area contributed by atoms with Gasteiger partial charge in [0, 0.05) is 14.2 Å². The van der Waals surface area contributed by atoms with E-state index in [0.717, 1.165) is 13.0 Å². The zero-order valence-corrected chi connectivity index (χ0v) is 15.0. The maximum Gasteiger partial charge on any atom is 0.0682 e. The van der Waals surface area contributed by atoms with Gasteiger partial charge in [-0.3, -0.25) is 0 Å². The van der Waals surface area contributed by atoms with Crippen LogP contribution in [0, 0.1) is 20.8 Å². The number of nitrogens with one attached hydrogen (secondary N) is 1. The number of rotatable bonds is 5. The Labute approximate surface area is 134 Å². The van der Waals surface area contributed by atoms with Crippen LogP contribution in [0.25, 0.3) is 0 Å².